The van der Waals surface area contributed by atoms with E-state index in [1.54, 1.807) is 6.07 Å². The average Bonchev–Trinajstić information content (AvgIpc) is 2.48. The Morgan fingerprint density at radius 3 is 2.67 bits per heavy atom. The van der Waals surface area contributed by atoms with Crippen molar-refractivity contribution >= 4 is 17.3 Å². The molecule has 0 bridgehead atoms. The Bertz CT molecular complexity index is 554. The van der Waals surface area contributed by atoms with Crippen molar-refractivity contribution in [3.05, 3.63) is 28.3 Å². The summed E-state index contributed by atoms with van der Waals surface area (Å²) < 4.78 is 10.1. The summed E-state index contributed by atoms with van der Waals surface area (Å²) in [6, 6.07) is 4.26. The smallest absolute Gasteiger partial charge is 0.329 e. The van der Waals surface area contributed by atoms with Crippen LogP contribution < -0.4 is 10.1 Å². The number of carbonyl (C=O) groups is 1. The lowest BCUT2D eigenvalue weighted by molar-refractivity contribution is -0.384. The maximum Gasteiger partial charge on any atom is 0.329 e. The number of nitrogens with one attached hydrogen (secondary N) is 1. The van der Waals surface area contributed by atoms with Gasteiger partial charge in [0.2, 0.25) is 0 Å². The van der Waals surface area contributed by atoms with E-state index in [0.717, 1.165) is 0 Å². The van der Waals surface area contributed by atoms with Crippen molar-refractivity contribution in [3.8, 4) is 5.75 Å². The van der Waals surface area contributed by atoms with Crippen molar-refractivity contribution in [2.45, 2.75) is 18.4 Å². The highest BCUT2D eigenvalue weighted by atomic mass is 16.6. The molecule has 0 atom stereocenters. The van der Waals surface area contributed by atoms with Crippen molar-refractivity contribution in [2.75, 3.05) is 25.6 Å². The normalized spacial score (nSPS) is 17.0. The number of ether oxygens (including phenoxy) is 2. The SMILES string of the molecule is COc1ccc(NC2(C(=O)O)CCOCC2)c([N+](=O)[O-])c1. The van der Waals surface area contributed by atoms with Crippen LogP contribution in [0.4, 0.5) is 11.4 Å². The maximum absolute atomic E-state index is 11.6. The minimum absolute atomic E-state index is 0.158. The lowest BCUT2D eigenvalue weighted by Crippen LogP contribution is -2.50. The summed E-state index contributed by atoms with van der Waals surface area (Å²) in [5.41, 5.74) is -1.32. The highest BCUT2D eigenvalue weighted by Gasteiger charge is 2.41. The van der Waals surface area contributed by atoms with Gasteiger partial charge in [-0.2, -0.15) is 0 Å². The fraction of sp³-hybridized carbons (Fsp3) is 0.462. The van der Waals surface area contributed by atoms with E-state index in [2.05, 4.69) is 5.32 Å². The number of aliphatic carboxylic acids is 1. The second-order valence-electron chi connectivity index (χ2n) is 4.76. The van der Waals surface area contributed by atoms with Gasteiger partial charge in [0, 0.05) is 26.1 Å². The van der Waals surface area contributed by atoms with Gasteiger partial charge in [-0.15, -0.1) is 0 Å². The zero-order valence-electron chi connectivity index (χ0n) is 11.5. The zero-order valence-corrected chi connectivity index (χ0v) is 11.5. The number of hydrogen-bond acceptors (Lipinski definition) is 6. The molecular weight excluding hydrogens is 280 g/mol. The van der Waals surface area contributed by atoms with Crippen molar-refractivity contribution in [1.82, 2.24) is 0 Å². The Labute approximate surface area is 120 Å². The average molecular weight is 296 g/mol. The number of carboxylic acid groups (broad SMARTS) is 1. The standard InChI is InChI=1S/C13H16N2O6/c1-20-9-2-3-10(11(8-9)15(18)19)14-13(12(16)17)4-6-21-7-5-13/h2-3,8,14H,4-7H2,1H3,(H,16,17). The van der Waals surface area contributed by atoms with E-state index in [4.69, 9.17) is 9.47 Å². The summed E-state index contributed by atoms with van der Waals surface area (Å²) in [5.74, 6) is -0.709. The van der Waals surface area contributed by atoms with E-state index in [0.29, 0.717) is 19.0 Å². The number of anilines is 1. The fourth-order valence-electron chi connectivity index (χ4n) is 2.27. The van der Waals surface area contributed by atoms with Gasteiger partial charge in [0.25, 0.3) is 5.69 Å². The van der Waals surface area contributed by atoms with Gasteiger partial charge < -0.3 is 19.9 Å². The van der Waals surface area contributed by atoms with Crippen molar-refractivity contribution < 1.29 is 24.3 Å². The predicted molar refractivity (Wildman–Crippen MR) is 73.7 cm³/mol. The van der Waals surface area contributed by atoms with Gasteiger partial charge in [-0.25, -0.2) is 4.79 Å². The summed E-state index contributed by atoms with van der Waals surface area (Å²) in [4.78, 5) is 22.1. The molecule has 0 amide bonds. The van der Waals surface area contributed by atoms with E-state index < -0.39 is 16.4 Å². The Balaban J connectivity index is 2.36. The van der Waals surface area contributed by atoms with Crippen LogP contribution in [0.25, 0.3) is 0 Å². The molecule has 0 unspecified atom stereocenters. The third-order valence-corrected chi connectivity index (χ3v) is 3.53. The number of nitro groups is 1. The lowest BCUT2D eigenvalue weighted by Gasteiger charge is -2.34. The van der Waals surface area contributed by atoms with Crippen LogP contribution in [-0.2, 0) is 9.53 Å². The topological polar surface area (TPSA) is 111 Å². The van der Waals surface area contributed by atoms with Crippen LogP contribution in [0.2, 0.25) is 0 Å². The van der Waals surface area contributed by atoms with Gasteiger partial charge in [0.1, 0.15) is 17.0 Å². The molecule has 1 heterocycles. The maximum atomic E-state index is 11.6. The summed E-state index contributed by atoms with van der Waals surface area (Å²) in [6.45, 7) is 0.590. The molecule has 0 spiro atoms. The van der Waals surface area contributed by atoms with E-state index in [1.807, 2.05) is 0 Å². The number of benzene rings is 1. The number of methoxy groups -OCH3 is 1. The van der Waals surface area contributed by atoms with E-state index in [-0.39, 0.29) is 24.2 Å². The first-order valence-electron chi connectivity index (χ1n) is 6.40. The minimum Gasteiger partial charge on any atom is -0.496 e. The van der Waals surface area contributed by atoms with Crippen LogP contribution in [0, 0.1) is 10.1 Å². The van der Waals surface area contributed by atoms with Gasteiger partial charge in [-0.1, -0.05) is 0 Å². The van der Waals surface area contributed by atoms with Crippen molar-refractivity contribution in [2.24, 2.45) is 0 Å². The molecule has 0 aromatic heterocycles. The van der Waals surface area contributed by atoms with E-state index >= 15 is 0 Å². The zero-order chi connectivity index (χ0) is 15.5. The first-order chi connectivity index (χ1) is 9.98. The van der Waals surface area contributed by atoms with E-state index in [1.165, 1.54) is 19.2 Å². The van der Waals surface area contributed by atoms with Gasteiger partial charge in [-0.3, -0.25) is 10.1 Å². The third-order valence-electron chi connectivity index (χ3n) is 3.53. The van der Waals surface area contributed by atoms with Crippen LogP contribution in [0.15, 0.2) is 18.2 Å². The highest BCUT2D eigenvalue weighted by molar-refractivity contribution is 5.84. The third kappa shape index (κ3) is 3.05. The molecule has 1 aliphatic heterocycles. The molecule has 8 nitrogen and oxygen atoms in total. The molecule has 114 valence electrons. The molecule has 1 saturated heterocycles. The Hall–Kier alpha value is -2.35. The predicted octanol–water partition coefficient (Wildman–Crippen LogP) is 1.65. The number of hydrogen-bond donors (Lipinski definition) is 2. The Morgan fingerprint density at radius 1 is 1.48 bits per heavy atom. The summed E-state index contributed by atoms with van der Waals surface area (Å²) in [5, 5.41) is 23.4. The molecule has 2 rings (SSSR count). The monoisotopic (exact) mass is 296 g/mol. The number of carboxylic acids is 1. The van der Waals surface area contributed by atoms with Crippen LogP contribution in [0.5, 0.6) is 5.75 Å². The Morgan fingerprint density at radius 2 is 2.14 bits per heavy atom. The second kappa shape index (κ2) is 5.96. The van der Waals surface area contributed by atoms with Gasteiger partial charge >= 0.3 is 5.97 Å². The van der Waals surface area contributed by atoms with Crippen LogP contribution in [0.3, 0.4) is 0 Å². The molecule has 1 fully saturated rings. The summed E-state index contributed by atoms with van der Waals surface area (Å²) >= 11 is 0. The van der Waals surface area contributed by atoms with Crippen molar-refractivity contribution in [3.63, 3.8) is 0 Å². The lowest BCUT2D eigenvalue weighted by atomic mass is 9.89. The molecule has 1 aliphatic rings. The Kier molecular flexibility index (Phi) is 4.27. The molecule has 0 aliphatic carbocycles. The fourth-order valence-corrected chi connectivity index (χ4v) is 2.27. The second-order valence-corrected chi connectivity index (χ2v) is 4.76. The first-order valence-corrected chi connectivity index (χ1v) is 6.40. The van der Waals surface area contributed by atoms with Crippen LogP contribution in [-0.4, -0.2) is 41.9 Å². The minimum atomic E-state index is -1.25. The first kappa shape index (κ1) is 15.0. The molecule has 8 heteroatoms. The summed E-state index contributed by atoms with van der Waals surface area (Å²) in [7, 11) is 1.41. The van der Waals surface area contributed by atoms with Gasteiger partial charge in [-0.05, 0) is 12.1 Å². The highest BCUT2D eigenvalue weighted by Crippen LogP contribution is 2.34. The molecule has 2 N–H and O–H groups in total. The molecule has 1 aromatic rings. The molecular formula is C13H16N2O6. The molecule has 21 heavy (non-hydrogen) atoms. The van der Waals surface area contributed by atoms with Crippen molar-refractivity contribution in [1.29, 1.82) is 0 Å². The van der Waals surface area contributed by atoms with Crippen LogP contribution >= 0.6 is 0 Å². The van der Waals surface area contributed by atoms with E-state index in [9.17, 15) is 20.0 Å². The molecule has 1 aromatic carbocycles. The molecule has 0 radical (unpaired) electrons. The summed E-state index contributed by atoms with van der Waals surface area (Å²) in [6.07, 6.45) is 0.483. The van der Waals surface area contributed by atoms with Gasteiger partial charge in [0.15, 0.2) is 0 Å². The quantitative estimate of drug-likeness (QED) is 0.627. The number of nitrogens with zero attached hydrogens (tertiary/aromatic N) is 1. The molecule has 0 saturated carbocycles. The number of rotatable bonds is 5. The largest absolute Gasteiger partial charge is 0.496 e. The van der Waals surface area contributed by atoms with Gasteiger partial charge in [0.05, 0.1) is 18.1 Å². The van der Waals surface area contributed by atoms with Crippen LogP contribution in [0.1, 0.15) is 12.8 Å². The number of nitro benzene ring substituents is 1.